The van der Waals surface area contributed by atoms with Crippen molar-refractivity contribution >= 4 is 5.97 Å². The molecule has 10 aliphatic rings. The van der Waals surface area contributed by atoms with Crippen molar-refractivity contribution < 1.29 is 134 Å². The Hall–Kier alpha value is -1.79. The smallest absolute Gasteiger partial charge is 0.317 e. The van der Waals surface area contributed by atoms with Crippen LogP contribution in [0.2, 0.25) is 0 Å². The van der Waals surface area contributed by atoms with Gasteiger partial charge in [0.25, 0.3) is 0 Å². The van der Waals surface area contributed by atoms with Gasteiger partial charge in [0.2, 0.25) is 6.29 Å². The second-order valence-electron chi connectivity index (χ2n) is 28.8. The van der Waals surface area contributed by atoms with E-state index in [4.69, 9.17) is 47.4 Å². The van der Waals surface area contributed by atoms with E-state index in [1.165, 1.54) is 6.92 Å². The SMILES string of the molecule is C[C@@H]1O[C@@H](O[C@H]2[C@H](O)[C@@H](O)[C@H](OC[C@H]3O[C@@H](OC(=O)[C@]45CCC(C)(C)C[C@H]4C4=CC[C@@H]6[C@@]7(C)CC[C@H](O[C@@H]8OC[C@H](O)[C@H](O)[C@H]8O[C@@H]8O[C@H](CO)[C@@H](O)[C@H](O)[C@H]8O)C(C)(C)[C@@H]7CC[C@@]6(C)[C@]4(C)C[C@H]5O)[C@H](O)[C@@H](O)[C@@H]3O)O[C@@H]2CO)[C@H](O)[C@H](O)[C@H]1O. The van der Waals surface area contributed by atoms with Gasteiger partial charge in [-0.15, -0.1) is 0 Å². The number of aliphatic hydroxyl groups excluding tert-OH is 16. The van der Waals surface area contributed by atoms with Crippen LogP contribution in [0.4, 0.5) is 0 Å². The molecule has 5 aliphatic carbocycles. The van der Waals surface area contributed by atoms with Crippen molar-refractivity contribution in [3.8, 4) is 0 Å². The molecule has 86 heavy (non-hydrogen) atoms. The number of carbonyl (C=O) groups excluding carboxylic acids is 1. The van der Waals surface area contributed by atoms with Gasteiger partial charge in [-0.3, -0.25) is 4.79 Å². The van der Waals surface area contributed by atoms with Crippen molar-refractivity contribution in [2.75, 3.05) is 26.4 Å². The number of rotatable bonds is 13. The lowest BCUT2D eigenvalue weighted by Crippen LogP contribution is -2.68. The van der Waals surface area contributed by atoms with Crippen molar-refractivity contribution in [2.24, 2.45) is 50.2 Å². The number of aliphatic hydroxyl groups is 16. The normalized spacial score (nSPS) is 54.5. The molecule has 9 fully saturated rings. The highest BCUT2D eigenvalue weighted by atomic mass is 16.8. The van der Waals surface area contributed by atoms with Crippen molar-refractivity contribution in [3.63, 3.8) is 0 Å². The maximum atomic E-state index is 15.3. The van der Waals surface area contributed by atoms with Gasteiger partial charge in [-0.25, -0.2) is 0 Å². The molecule has 0 aromatic heterocycles. The van der Waals surface area contributed by atoms with E-state index in [0.29, 0.717) is 32.1 Å². The minimum Gasteiger partial charge on any atom is -0.432 e. The zero-order valence-electron chi connectivity index (χ0n) is 50.2. The summed E-state index contributed by atoms with van der Waals surface area (Å²) in [6, 6.07) is 0. The van der Waals surface area contributed by atoms with E-state index < -0.39 is 213 Å². The van der Waals surface area contributed by atoms with E-state index in [0.717, 1.165) is 18.4 Å². The Morgan fingerprint density at radius 3 is 1.80 bits per heavy atom. The lowest BCUT2D eigenvalue weighted by atomic mass is 9.33. The van der Waals surface area contributed by atoms with Crippen LogP contribution >= 0.6 is 0 Å². The monoisotopic (exact) mass is 1240 g/mol. The van der Waals surface area contributed by atoms with E-state index in [9.17, 15) is 81.7 Å². The zero-order valence-corrected chi connectivity index (χ0v) is 50.2. The Morgan fingerprint density at radius 2 is 1.14 bits per heavy atom. The van der Waals surface area contributed by atoms with Gasteiger partial charge in [0.1, 0.15) is 115 Å². The summed E-state index contributed by atoms with van der Waals surface area (Å²) in [6.07, 6.45) is -33.7. The molecule has 0 unspecified atom stereocenters. The Bertz CT molecular complexity index is 2400. The molecule has 0 radical (unpaired) electrons. The highest BCUT2D eigenvalue weighted by Gasteiger charge is 2.72. The summed E-state index contributed by atoms with van der Waals surface area (Å²) >= 11 is 0. The molecule has 27 nitrogen and oxygen atoms in total. The van der Waals surface area contributed by atoms with Gasteiger partial charge < -0.3 is 129 Å². The maximum absolute atomic E-state index is 15.3. The average Bonchev–Trinajstić information content (AvgIpc) is 0.676. The first-order valence-corrected chi connectivity index (χ1v) is 30.7. The van der Waals surface area contributed by atoms with Gasteiger partial charge in [-0.05, 0) is 110 Å². The molecule has 10 rings (SSSR count). The summed E-state index contributed by atoms with van der Waals surface area (Å²) in [6.45, 7) is 14.3. The first-order valence-electron chi connectivity index (χ1n) is 30.7. The Labute approximate surface area is 499 Å². The van der Waals surface area contributed by atoms with Crippen LogP contribution in [0.5, 0.6) is 0 Å². The fraction of sp³-hybridized carbons (Fsp3) is 0.949. The van der Waals surface area contributed by atoms with Crippen LogP contribution in [0.3, 0.4) is 0 Å². The van der Waals surface area contributed by atoms with Crippen molar-refractivity contribution in [1.82, 2.24) is 0 Å². The molecule has 0 spiro atoms. The number of allylic oxidation sites excluding steroid dienone is 2. The minimum absolute atomic E-state index is 0.0713. The van der Waals surface area contributed by atoms with Gasteiger partial charge in [0, 0.05) is 0 Å². The quantitative estimate of drug-likeness (QED) is 0.0482. The molecule has 0 aromatic carbocycles. The minimum atomic E-state index is -1.98. The lowest BCUT2D eigenvalue weighted by molar-refractivity contribution is -0.367. The third kappa shape index (κ3) is 11.1. The summed E-state index contributed by atoms with van der Waals surface area (Å²) in [7, 11) is 0. The molecule has 33 atom stereocenters. The topological polar surface area (TPSA) is 433 Å². The van der Waals surface area contributed by atoms with Crippen LogP contribution in [0.25, 0.3) is 0 Å². The molecule has 5 heterocycles. The molecule has 5 saturated heterocycles. The molecule has 0 aromatic rings. The van der Waals surface area contributed by atoms with Gasteiger partial charge in [-0.1, -0.05) is 60.1 Å². The Balaban J connectivity index is 0.837. The van der Waals surface area contributed by atoms with Crippen LogP contribution < -0.4 is 0 Å². The predicted molar refractivity (Wildman–Crippen MR) is 289 cm³/mol. The molecule has 4 saturated carbocycles. The lowest BCUT2D eigenvalue weighted by Gasteiger charge is -2.71. The average molecular weight is 1240 g/mol. The first-order chi connectivity index (χ1) is 40.2. The summed E-state index contributed by atoms with van der Waals surface area (Å²) < 4.78 is 59.2. The largest absolute Gasteiger partial charge is 0.432 e. The van der Waals surface area contributed by atoms with Crippen LogP contribution in [0, 0.1) is 50.2 Å². The number of ether oxygens (including phenoxy) is 10. The van der Waals surface area contributed by atoms with E-state index in [-0.39, 0.29) is 42.1 Å². The molecule has 494 valence electrons. The van der Waals surface area contributed by atoms with Gasteiger partial charge in [-0.2, -0.15) is 0 Å². The third-order valence-electron chi connectivity index (χ3n) is 23.1. The Kier molecular flexibility index (Phi) is 19.2. The maximum Gasteiger partial charge on any atom is 0.317 e. The fourth-order valence-corrected chi connectivity index (χ4v) is 17.7. The van der Waals surface area contributed by atoms with Crippen molar-refractivity contribution in [1.29, 1.82) is 0 Å². The molecular formula is C59H96O27. The third-order valence-corrected chi connectivity index (χ3v) is 23.1. The number of esters is 1. The second-order valence-corrected chi connectivity index (χ2v) is 28.8. The molecule has 0 bridgehead atoms. The van der Waals surface area contributed by atoms with Crippen LogP contribution in [-0.2, 0) is 52.2 Å². The van der Waals surface area contributed by atoms with E-state index >= 15 is 4.79 Å². The number of fused-ring (bicyclic) bond motifs is 7. The van der Waals surface area contributed by atoms with Gasteiger partial charge >= 0.3 is 5.97 Å². The van der Waals surface area contributed by atoms with Crippen LogP contribution in [0.15, 0.2) is 11.6 Å². The van der Waals surface area contributed by atoms with E-state index in [1.54, 1.807) is 0 Å². The summed E-state index contributed by atoms with van der Waals surface area (Å²) in [4.78, 5) is 15.3. The molecular weight excluding hydrogens is 1140 g/mol. The highest BCUT2D eigenvalue weighted by Crippen LogP contribution is 2.76. The predicted octanol–water partition coefficient (Wildman–Crippen LogP) is -3.57. The molecule has 0 amide bonds. The van der Waals surface area contributed by atoms with Crippen molar-refractivity contribution in [3.05, 3.63) is 11.6 Å². The fourth-order valence-electron chi connectivity index (χ4n) is 17.7. The van der Waals surface area contributed by atoms with Gasteiger partial charge in [0.15, 0.2) is 25.2 Å². The standard InChI is InChI=1S/C59H96O27/c1-23-34(64)38(68)42(72)49(79-23)84-46-28(20-61)81-48(45(75)41(46)71)78-22-29-37(67)40(70)44(74)51(82-29)86-53(76)59-16-15-54(2,3)17-25(59)24-9-10-31-56(6)13-12-33(55(4,5)30(56)11-14-57(31,7)58(24,8)18-32(59)63)83-52-47(35(65)26(62)21-77-52)85-50-43(73)39(69)36(66)27(19-60)80-50/h9,23,25-52,60-75H,10-22H2,1-8H3/t23-,25-,26-,27+,28+,29+,30-,31+,32+,33-,34-,35-,36+,37+,38+,39-,40-,41+,42+,43+,44+,45+,46+,47+,48+,49-,50-,51-,52-,56-,57+,58+,59+/m0/s1. The van der Waals surface area contributed by atoms with Crippen LogP contribution in [-0.4, -0.2) is 274 Å². The summed E-state index contributed by atoms with van der Waals surface area (Å²) in [5.74, 6) is -1.24. The molecule has 5 aliphatic heterocycles. The van der Waals surface area contributed by atoms with E-state index in [1.807, 2.05) is 0 Å². The first kappa shape index (κ1) is 67.1. The number of carbonyl (C=O) groups is 1. The molecule has 27 heteroatoms. The summed E-state index contributed by atoms with van der Waals surface area (Å²) in [5, 5.41) is 174. The van der Waals surface area contributed by atoms with E-state index in [2.05, 4.69) is 54.5 Å². The van der Waals surface area contributed by atoms with Crippen molar-refractivity contribution in [2.45, 2.75) is 273 Å². The number of hydrogen-bond donors (Lipinski definition) is 16. The van der Waals surface area contributed by atoms with Crippen LogP contribution in [0.1, 0.15) is 113 Å². The summed E-state index contributed by atoms with van der Waals surface area (Å²) in [5.41, 5.74) is -2.63. The zero-order chi connectivity index (χ0) is 62.9. The second kappa shape index (κ2) is 24.6. The molecule has 16 N–H and O–H groups in total. The van der Waals surface area contributed by atoms with Gasteiger partial charge in [0.05, 0.1) is 44.7 Å². The number of hydrogen-bond acceptors (Lipinski definition) is 27. The Morgan fingerprint density at radius 1 is 0.558 bits per heavy atom. The highest BCUT2D eigenvalue weighted by molar-refractivity contribution is 5.80.